The van der Waals surface area contributed by atoms with E-state index in [1.54, 1.807) is 11.3 Å². The van der Waals surface area contributed by atoms with E-state index in [1.807, 2.05) is 24.3 Å². The number of nitrogens with zero attached hydrogens (tertiary/aromatic N) is 5. The van der Waals surface area contributed by atoms with Crippen molar-refractivity contribution in [2.45, 2.75) is 24.5 Å². The second kappa shape index (κ2) is 8.32. The highest BCUT2D eigenvalue weighted by molar-refractivity contribution is 7.22. The Morgan fingerprint density at radius 3 is 2.71 bits per heavy atom. The molecule has 0 spiro atoms. The van der Waals surface area contributed by atoms with Crippen molar-refractivity contribution in [2.75, 3.05) is 30.3 Å². The second-order valence-corrected chi connectivity index (χ2v) is 8.15. The SMILES string of the molecule is OCC1OC(n2cnc3c(NCCNc4nc5ccccc5s4)ncnc32)C(O)C1O. The molecule has 1 saturated heterocycles. The summed E-state index contributed by atoms with van der Waals surface area (Å²) in [5.41, 5.74) is 1.93. The molecule has 0 bridgehead atoms. The van der Waals surface area contributed by atoms with Crippen LogP contribution in [0, 0.1) is 0 Å². The first-order chi connectivity index (χ1) is 15.2. The van der Waals surface area contributed by atoms with Crippen molar-refractivity contribution in [3.63, 3.8) is 0 Å². The Hall–Kier alpha value is -2.90. The molecule has 0 saturated carbocycles. The van der Waals surface area contributed by atoms with Crippen LogP contribution in [0.15, 0.2) is 36.9 Å². The minimum absolute atomic E-state index is 0.398. The van der Waals surface area contributed by atoms with Gasteiger partial charge in [-0.05, 0) is 12.1 Å². The van der Waals surface area contributed by atoms with Gasteiger partial charge in [0, 0.05) is 13.1 Å². The quantitative estimate of drug-likeness (QED) is 0.257. The number of para-hydroxylation sites is 1. The van der Waals surface area contributed by atoms with Gasteiger partial charge in [-0.2, -0.15) is 0 Å². The summed E-state index contributed by atoms with van der Waals surface area (Å²) < 4.78 is 8.24. The van der Waals surface area contributed by atoms with Crippen LogP contribution in [-0.2, 0) is 4.74 Å². The zero-order chi connectivity index (χ0) is 21.4. The average molecular weight is 443 g/mol. The summed E-state index contributed by atoms with van der Waals surface area (Å²) >= 11 is 1.60. The van der Waals surface area contributed by atoms with Crippen LogP contribution in [0.3, 0.4) is 0 Å². The fraction of sp³-hybridized carbons (Fsp3) is 0.368. The predicted molar refractivity (Wildman–Crippen MR) is 115 cm³/mol. The molecule has 4 unspecified atom stereocenters. The number of fused-ring (bicyclic) bond motifs is 2. The van der Waals surface area contributed by atoms with Crippen molar-refractivity contribution >= 4 is 43.7 Å². The van der Waals surface area contributed by atoms with E-state index in [0.717, 1.165) is 15.3 Å². The van der Waals surface area contributed by atoms with E-state index in [-0.39, 0.29) is 0 Å². The van der Waals surface area contributed by atoms with E-state index < -0.39 is 31.1 Å². The van der Waals surface area contributed by atoms with Crippen molar-refractivity contribution in [1.29, 1.82) is 0 Å². The molecule has 5 N–H and O–H groups in total. The largest absolute Gasteiger partial charge is 0.394 e. The van der Waals surface area contributed by atoms with Crippen LogP contribution in [-0.4, -0.2) is 77.8 Å². The van der Waals surface area contributed by atoms with Crippen LogP contribution in [0.25, 0.3) is 21.4 Å². The molecule has 0 aliphatic carbocycles. The maximum absolute atomic E-state index is 10.3. The molecule has 1 aliphatic rings. The zero-order valence-corrected chi connectivity index (χ0v) is 17.1. The van der Waals surface area contributed by atoms with Crippen molar-refractivity contribution in [1.82, 2.24) is 24.5 Å². The highest BCUT2D eigenvalue weighted by Gasteiger charge is 2.44. The van der Waals surface area contributed by atoms with Gasteiger partial charge in [-0.1, -0.05) is 23.5 Å². The number of thiazole rings is 1. The van der Waals surface area contributed by atoms with Gasteiger partial charge in [0.15, 0.2) is 28.3 Å². The fourth-order valence-electron chi connectivity index (χ4n) is 3.58. The molecule has 1 aromatic carbocycles. The average Bonchev–Trinajstić information content (AvgIpc) is 3.47. The summed E-state index contributed by atoms with van der Waals surface area (Å²) in [6, 6.07) is 7.98. The summed E-state index contributed by atoms with van der Waals surface area (Å²) in [7, 11) is 0. The maximum atomic E-state index is 10.3. The standard InChI is InChI=1S/C19H21N7O4S/c27-7-11-14(28)15(29)18(30-11)26-9-24-13-16(22-8-23-17(13)26)20-5-6-21-19-25-10-3-1-2-4-12(10)31-19/h1-4,8-9,11,14-15,18,27-29H,5-7H2,(H,21,25)(H,20,22,23). The molecule has 3 aromatic heterocycles. The van der Waals surface area contributed by atoms with Crippen molar-refractivity contribution in [3.05, 3.63) is 36.9 Å². The van der Waals surface area contributed by atoms with Gasteiger partial charge >= 0.3 is 0 Å². The number of rotatable bonds is 7. The van der Waals surface area contributed by atoms with Crippen LogP contribution in [0.4, 0.5) is 10.9 Å². The van der Waals surface area contributed by atoms with Crippen LogP contribution in [0.2, 0.25) is 0 Å². The highest BCUT2D eigenvalue weighted by Crippen LogP contribution is 2.32. The van der Waals surface area contributed by atoms with Crippen LogP contribution in [0.5, 0.6) is 0 Å². The first-order valence-electron chi connectivity index (χ1n) is 9.79. The molecule has 11 nitrogen and oxygen atoms in total. The number of benzene rings is 1. The van der Waals surface area contributed by atoms with Gasteiger partial charge in [-0.25, -0.2) is 19.9 Å². The lowest BCUT2D eigenvalue weighted by Crippen LogP contribution is -2.33. The third kappa shape index (κ3) is 3.68. The third-order valence-electron chi connectivity index (χ3n) is 5.14. The number of aromatic nitrogens is 5. The van der Waals surface area contributed by atoms with Gasteiger partial charge in [0.25, 0.3) is 0 Å². The molecule has 162 valence electrons. The topological polar surface area (TPSA) is 150 Å². The normalized spacial score (nSPS) is 23.6. The number of aliphatic hydroxyl groups is 3. The highest BCUT2D eigenvalue weighted by atomic mass is 32.1. The molecule has 4 heterocycles. The van der Waals surface area contributed by atoms with E-state index in [4.69, 9.17) is 4.74 Å². The first-order valence-corrected chi connectivity index (χ1v) is 10.6. The van der Waals surface area contributed by atoms with E-state index >= 15 is 0 Å². The maximum Gasteiger partial charge on any atom is 0.183 e. The Kier molecular flexibility index (Phi) is 5.38. The fourth-order valence-corrected chi connectivity index (χ4v) is 4.47. The summed E-state index contributed by atoms with van der Waals surface area (Å²) in [4.78, 5) is 17.4. The van der Waals surface area contributed by atoms with Gasteiger partial charge < -0.3 is 30.7 Å². The summed E-state index contributed by atoms with van der Waals surface area (Å²) in [6.07, 6.45) is -1.31. The summed E-state index contributed by atoms with van der Waals surface area (Å²) in [5.74, 6) is 0.543. The molecule has 4 aromatic rings. The number of hydrogen-bond donors (Lipinski definition) is 5. The number of imidazole rings is 1. The lowest BCUT2D eigenvalue weighted by molar-refractivity contribution is -0.0511. The monoisotopic (exact) mass is 443 g/mol. The van der Waals surface area contributed by atoms with Gasteiger partial charge in [-0.3, -0.25) is 4.57 Å². The number of hydrogen-bond acceptors (Lipinski definition) is 11. The van der Waals surface area contributed by atoms with Gasteiger partial charge in [0.1, 0.15) is 24.6 Å². The van der Waals surface area contributed by atoms with Crippen LogP contribution < -0.4 is 10.6 Å². The molecule has 31 heavy (non-hydrogen) atoms. The Labute approximate surface area is 180 Å². The molecule has 4 atom stereocenters. The second-order valence-electron chi connectivity index (χ2n) is 7.12. The molecular formula is C19H21N7O4S. The number of ether oxygens (including phenoxy) is 1. The molecule has 1 aliphatic heterocycles. The number of nitrogens with one attached hydrogen (secondary N) is 2. The molecule has 5 rings (SSSR count). The Balaban J connectivity index is 1.26. The van der Waals surface area contributed by atoms with E-state index in [1.165, 1.54) is 17.2 Å². The molecule has 0 amide bonds. The predicted octanol–water partition coefficient (Wildman–Crippen LogP) is 0.571. The third-order valence-corrected chi connectivity index (χ3v) is 6.13. The van der Waals surface area contributed by atoms with E-state index in [0.29, 0.717) is 30.1 Å². The minimum atomic E-state index is -1.21. The Morgan fingerprint density at radius 1 is 1.06 bits per heavy atom. The van der Waals surface area contributed by atoms with Gasteiger partial charge in [-0.15, -0.1) is 0 Å². The minimum Gasteiger partial charge on any atom is -0.394 e. The van der Waals surface area contributed by atoms with Crippen molar-refractivity contribution in [3.8, 4) is 0 Å². The smallest absolute Gasteiger partial charge is 0.183 e. The lowest BCUT2D eigenvalue weighted by atomic mass is 10.1. The van der Waals surface area contributed by atoms with Crippen LogP contribution >= 0.6 is 11.3 Å². The molecule has 12 heteroatoms. The van der Waals surface area contributed by atoms with Gasteiger partial charge in [0.05, 0.1) is 23.2 Å². The number of anilines is 2. The molecule has 1 fully saturated rings. The summed E-state index contributed by atoms with van der Waals surface area (Å²) in [6.45, 7) is 0.800. The zero-order valence-electron chi connectivity index (χ0n) is 16.3. The Bertz CT molecular complexity index is 1170. The van der Waals surface area contributed by atoms with Gasteiger partial charge in [0.2, 0.25) is 0 Å². The number of aliphatic hydroxyl groups excluding tert-OH is 3. The van der Waals surface area contributed by atoms with Crippen LogP contribution in [0.1, 0.15) is 6.23 Å². The lowest BCUT2D eigenvalue weighted by Gasteiger charge is -2.16. The van der Waals surface area contributed by atoms with Crippen molar-refractivity contribution < 1.29 is 20.1 Å². The summed E-state index contributed by atoms with van der Waals surface area (Å²) in [5, 5.41) is 37.0. The van der Waals surface area contributed by atoms with E-state index in [2.05, 4.69) is 30.6 Å². The Morgan fingerprint density at radius 2 is 1.90 bits per heavy atom. The molecular weight excluding hydrogens is 422 g/mol. The van der Waals surface area contributed by atoms with E-state index in [9.17, 15) is 15.3 Å². The molecule has 0 radical (unpaired) electrons. The van der Waals surface area contributed by atoms with Crippen molar-refractivity contribution in [2.24, 2.45) is 0 Å². The first kappa shape index (κ1) is 20.0.